The Bertz CT molecular complexity index is 564. The molecular formula is C21H27N. The zero-order valence-electron chi connectivity index (χ0n) is 13.6. The topological polar surface area (TPSA) is 12.0 Å². The van der Waals surface area contributed by atoms with E-state index < -0.39 is 0 Å². The van der Waals surface area contributed by atoms with E-state index in [-0.39, 0.29) is 0 Å². The maximum atomic E-state index is 3.20. The first-order valence-corrected chi connectivity index (χ1v) is 8.64. The van der Waals surface area contributed by atoms with Crippen LogP contribution in [0.15, 0.2) is 48.5 Å². The molecule has 0 saturated heterocycles. The van der Waals surface area contributed by atoms with Crippen LogP contribution >= 0.6 is 0 Å². The lowest BCUT2D eigenvalue weighted by Gasteiger charge is -2.06. The van der Waals surface area contributed by atoms with Gasteiger partial charge in [-0.05, 0) is 67.4 Å². The third-order valence-corrected chi connectivity index (χ3v) is 4.66. The monoisotopic (exact) mass is 293 g/mol. The molecule has 1 aliphatic rings. The molecule has 0 radical (unpaired) electrons. The molecule has 116 valence electrons. The van der Waals surface area contributed by atoms with Crippen LogP contribution in [-0.2, 0) is 19.3 Å². The number of likely N-dealkylation sites (N-methyl/N-ethyl adjacent to an activating group) is 1. The predicted molar refractivity (Wildman–Crippen MR) is 94.4 cm³/mol. The Hall–Kier alpha value is -1.60. The minimum absolute atomic E-state index is 1.03. The fourth-order valence-corrected chi connectivity index (χ4v) is 2.93. The van der Waals surface area contributed by atoms with Crippen LogP contribution in [0.2, 0.25) is 0 Å². The molecule has 0 spiro atoms. The normalized spacial score (nSPS) is 14.2. The third-order valence-electron chi connectivity index (χ3n) is 4.66. The summed E-state index contributed by atoms with van der Waals surface area (Å²) in [7, 11) is 2.00. The second kappa shape index (κ2) is 7.60. The van der Waals surface area contributed by atoms with Gasteiger partial charge in [0.25, 0.3) is 0 Å². The summed E-state index contributed by atoms with van der Waals surface area (Å²) in [5.74, 6) is 1.03. The van der Waals surface area contributed by atoms with Crippen molar-refractivity contribution in [3.8, 4) is 0 Å². The highest BCUT2D eigenvalue weighted by Crippen LogP contribution is 2.33. The number of rotatable bonds is 8. The molecule has 1 N–H and O–H groups in total. The average Bonchev–Trinajstić information content (AvgIpc) is 3.38. The molecule has 1 aliphatic carbocycles. The molecule has 0 aliphatic heterocycles. The van der Waals surface area contributed by atoms with Gasteiger partial charge in [-0.2, -0.15) is 0 Å². The van der Waals surface area contributed by atoms with Crippen LogP contribution in [0.1, 0.15) is 41.5 Å². The average molecular weight is 293 g/mol. The van der Waals surface area contributed by atoms with Gasteiger partial charge in [-0.1, -0.05) is 61.4 Å². The van der Waals surface area contributed by atoms with E-state index in [9.17, 15) is 0 Å². The number of aryl methyl sites for hydroxylation is 1. The highest BCUT2D eigenvalue weighted by molar-refractivity contribution is 5.30. The Morgan fingerprint density at radius 3 is 1.77 bits per heavy atom. The Morgan fingerprint density at radius 2 is 1.27 bits per heavy atom. The Kier molecular flexibility index (Phi) is 5.29. The van der Waals surface area contributed by atoms with Gasteiger partial charge in [0.2, 0.25) is 0 Å². The number of hydrogen-bond donors (Lipinski definition) is 1. The van der Waals surface area contributed by atoms with Gasteiger partial charge in [-0.15, -0.1) is 0 Å². The summed E-state index contributed by atoms with van der Waals surface area (Å²) >= 11 is 0. The molecule has 0 aromatic heterocycles. The summed E-state index contributed by atoms with van der Waals surface area (Å²) in [4.78, 5) is 0. The first-order valence-electron chi connectivity index (χ1n) is 8.64. The van der Waals surface area contributed by atoms with Crippen molar-refractivity contribution < 1.29 is 0 Å². The second-order valence-electron chi connectivity index (χ2n) is 6.65. The Labute approximate surface area is 134 Å². The van der Waals surface area contributed by atoms with Crippen molar-refractivity contribution in [2.45, 2.75) is 38.5 Å². The van der Waals surface area contributed by atoms with E-state index in [4.69, 9.17) is 0 Å². The molecule has 0 atom stereocenters. The first kappa shape index (κ1) is 15.3. The number of nitrogens with one attached hydrogen (secondary N) is 1. The SMILES string of the molecule is CNCCc1ccc(Cc2ccc(CCC3CC3)cc2)cc1. The van der Waals surface area contributed by atoms with Crippen LogP contribution in [0, 0.1) is 5.92 Å². The summed E-state index contributed by atoms with van der Waals surface area (Å²) in [5.41, 5.74) is 5.73. The Balaban J connectivity index is 1.53. The van der Waals surface area contributed by atoms with E-state index >= 15 is 0 Å². The molecule has 1 fully saturated rings. The summed E-state index contributed by atoms with van der Waals surface area (Å²) in [6.07, 6.45) is 7.70. The molecule has 0 amide bonds. The lowest BCUT2D eigenvalue weighted by molar-refractivity contribution is 0.726. The van der Waals surface area contributed by atoms with Crippen molar-refractivity contribution in [3.63, 3.8) is 0 Å². The number of benzene rings is 2. The van der Waals surface area contributed by atoms with Crippen molar-refractivity contribution in [2.24, 2.45) is 5.92 Å². The van der Waals surface area contributed by atoms with Crippen LogP contribution < -0.4 is 5.32 Å². The van der Waals surface area contributed by atoms with Gasteiger partial charge in [-0.25, -0.2) is 0 Å². The van der Waals surface area contributed by atoms with Gasteiger partial charge < -0.3 is 5.32 Å². The fourth-order valence-electron chi connectivity index (χ4n) is 2.93. The zero-order chi connectivity index (χ0) is 15.2. The van der Waals surface area contributed by atoms with E-state index in [1.54, 1.807) is 0 Å². The lowest BCUT2D eigenvalue weighted by atomic mass is 10.00. The summed E-state index contributed by atoms with van der Waals surface area (Å²) in [6.45, 7) is 1.04. The summed E-state index contributed by atoms with van der Waals surface area (Å²) < 4.78 is 0. The highest BCUT2D eigenvalue weighted by atomic mass is 14.8. The molecular weight excluding hydrogens is 266 g/mol. The molecule has 2 aromatic carbocycles. The van der Waals surface area contributed by atoms with Gasteiger partial charge in [0.05, 0.1) is 0 Å². The van der Waals surface area contributed by atoms with Gasteiger partial charge in [-0.3, -0.25) is 0 Å². The molecule has 0 heterocycles. The highest BCUT2D eigenvalue weighted by Gasteiger charge is 2.20. The minimum atomic E-state index is 1.03. The van der Waals surface area contributed by atoms with E-state index in [0.717, 1.165) is 25.3 Å². The van der Waals surface area contributed by atoms with Crippen LogP contribution in [0.5, 0.6) is 0 Å². The molecule has 0 bridgehead atoms. The van der Waals surface area contributed by atoms with E-state index in [1.165, 1.54) is 47.9 Å². The zero-order valence-corrected chi connectivity index (χ0v) is 13.6. The Morgan fingerprint density at radius 1 is 0.773 bits per heavy atom. The third kappa shape index (κ3) is 4.71. The maximum Gasteiger partial charge on any atom is -0.00114 e. The lowest BCUT2D eigenvalue weighted by Crippen LogP contribution is -2.10. The largest absolute Gasteiger partial charge is 0.319 e. The van der Waals surface area contributed by atoms with Crippen LogP contribution in [0.4, 0.5) is 0 Å². The van der Waals surface area contributed by atoms with E-state index in [1.807, 2.05) is 7.05 Å². The van der Waals surface area contributed by atoms with Crippen molar-refractivity contribution in [3.05, 3.63) is 70.8 Å². The summed E-state index contributed by atoms with van der Waals surface area (Å²) in [6, 6.07) is 18.3. The van der Waals surface area contributed by atoms with Gasteiger partial charge in [0.1, 0.15) is 0 Å². The first-order chi connectivity index (χ1) is 10.8. The minimum Gasteiger partial charge on any atom is -0.319 e. The quantitative estimate of drug-likeness (QED) is 0.761. The predicted octanol–water partition coefficient (Wildman–Crippen LogP) is 4.38. The van der Waals surface area contributed by atoms with Crippen LogP contribution in [0.25, 0.3) is 0 Å². The molecule has 1 heteroatoms. The van der Waals surface area contributed by atoms with Crippen LogP contribution in [0.3, 0.4) is 0 Å². The van der Waals surface area contributed by atoms with Gasteiger partial charge in [0, 0.05) is 0 Å². The van der Waals surface area contributed by atoms with Gasteiger partial charge in [0.15, 0.2) is 0 Å². The van der Waals surface area contributed by atoms with Gasteiger partial charge >= 0.3 is 0 Å². The fraction of sp³-hybridized carbons (Fsp3) is 0.429. The second-order valence-corrected chi connectivity index (χ2v) is 6.65. The van der Waals surface area contributed by atoms with E-state index in [0.29, 0.717) is 0 Å². The van der Waals surface area contributed by atoms with Crippen LogP contribution in [-0.4, -0.2) is 13.6 Å². The van der Waals surface area contributed by atoms with E-state index in [2.05, 4.69) is 53.8 Å². The standard InChI is InChI=1S/C21H27N/c1-22-15-14-19-8-12-21(13-9-19)16-20-10-6-18(7-11-20)5-4-17-2-3-17/h6-13,17,22H,2-5,14-16H2,1H3. The molecule has 1 saturated carbocycles. The smallest absolute Gasteiger partial charge is 0.00114 e. The molecule has 22 heavy (non-hydrogen) atoms. The van der Waals surface area contributed by atoms with Crippen molar-refractivity contribution >= 4 is 0 Å². The van der Waals surface area contributed by atoms with Crippen molar-refractivity contribution in [1.29, 1.82) is 0 Å². The number of hydrogen-bond acceptors (Lipinski definition) is 1. The maximum absolute atomic E-state index is 3.20. The summed E-state index contributed by atoms with van der Waals surface area (Å²) in [5, 5.41) is 3.20. The molecule has 2 aromatic rings. The molecule has 1 nitrogen and oxygen atoms in total. The van der Waals surface area contributed by atoms with Crippen molar-refractivity contribution in [1.82, 2.24) is 5.32 Å². The molecule has 0 unspecified atom stereocenters. The van der Waals surface area contributed by atoms with Crippen molar-refractivity contribution in [2.75, 3.05) is 13.6 Å². The molecule has 3 rings (SSSR count).